The molecule has 0 unspecified atom stereocenters. The topological polar surface area (TPSA) is 64.0 Å². The number of benzene rings is 1. The molecule has 5 nitrogen and oxygen atoms in total. The Morgan fingerprint density at radius 1 is 1.24 bits per heavy atom. The third-order valence-electron chi connectivity index (χ3n) is 3.37. The minimum absolute atomic E-state index is 0.246. The maximum absolute atomic E-state index is 13.4. The van der Waals surface area contributed by atoms with Gasteiger partial charge in [-0.05, 0) is 38.5 Å². The second kappa shape index (κ2) is 5.47. The molecule has 0 saturated heterocycles. The number of ketones is 1. The van der Waals surface area contributed by atoms with Gasteiger partial charge in [-0.2, -0.15) is 5.10 Å². The van der Waals surface area contributed by atoms with Crippen LogP contribution in [0, 0.1) is 26.6 Å². The molecule has 0 aliphatic rings. The molecule has 0 radical (unpaired) electrons. The van der Waals surface area contributed by atoms with Gasteiger partial charge in [0, 0.05) is 18.4 Å². The van der Waals surface area contributed by atoms with Crippen LogP contribution in [0.5, 0.6) is 0 Å². The summed E-state index contributed by atoms with van der Waals surface area (Å²) in [6, 6.07) is 4.27. The Morgan fingerprint density at radius 3 is 2.43 bits per heavy atom. The minimum atomic E-state index is -0.808. The quantitative estimate of drug-likeness (QED) is 0.696. The lowest BCUT2D eigenvalue weighted by molar-refractivity contribution is -0.112. The molecule has 0 atom stereocenters. The fourth-order valence-corrected chi connectivity index (χ4v) is 2.07. The fraction of sp³-hybridized carbons (Fsp3) is 0.267. The van der Waals surface area contributed by atoms with Crippen molar-refractivity contribution in [2.45, 2.75) is 20.8 Å². The first-order chi connectivity index (χ1) is 9.81. The third kappa shape index (κ3) is 2.84. The highest BCUT2D eigenvalue weighted by Crippen LogP contribution is 2.16. The number of nitrogens with zero attached hydrogens (tertiary/aromatic N) is 2. The van der Waals surface area contributed by atoms with Crippen LogP contribution in [0.1, 0.15) is 27.3 Å². The van der Waals surface area contributed by atoms with Crippen molar-refractivity contribution < 1.29 is 14.0 Å². The minimum Gasteiger partial charge on any atom is -0.319 e. The van der Waals surface area contributed by atoms with Crippen molar-refractivity contribution in [1.82, 2.24) is 9.78 Å². The van der Waals surface area contributed by atoms with Crippen LogP contribution in [0.4, 0.5) is 10.1 Å². The Kier molecular flexibility index (Phi) is 3.88. The number of rotatable bonds is 3. The smallest absolute Gasteiger partial charge is 0.296 e. The van der Waals surface area contributed by atoms with Gasteiger partial charge in [0.25, 0.3) is 11.7 Å². The van der Waals surface area contributed by atoms with Crippen LogP contribution in [0.15, 0.2) is 18.2 Å². The van der Waals surface area contributed by atoms with Crippen molar-refractivity contribution >= 4 is 17.4 Å². The van der Waals surface area contributed by atoms with Crippen LogP contribution < -0.4 is 5.32 Å². The molecule has 1 amide bonds. The first-order valence-electron chi connectivity index (χ1n) is 6.43. The summed E-state index contributed by atoms with van der Waals surface area (Å²) in [5, 5.41) is 6.51. The molecule has 1 aromatic heterocycles. The second-order valence-corrected chi connectivity index (χ2v) is 4.92. The summed E-state index contributed by atoms with van der Waals surface area (Å²) < 4.78 is 15.0. The number of aryl methyl sites for hydroxylation is 3. The lowest BCUT2D eigenvalue weighted by Crippen LogP contribution is -2.24. The molecule has 0 spiro atoms. The lowest BCUT2D eigenvalue weighted by atomic mass is 10.1. The largest absolute Gasteiger partial charge is 0.319 e. The van der Waals surface area contributed by atoms with Crippen molar-refractivity contribution in [3.8, 4) is 0 Å². The number of halogens is 1. The molecule has 2 rings (SSSR count). The predicted molar refractivity (Wildman–Crippen MR) is 76.8 cm³/mol. The molecule has 0 aliphatic carbocycles. The highest BCUT2D eigenvalue weighted by atomic mass is 19.1. The average molecular weight is 289 g/mol. The lowest BCUT2D eigenvalue weighted by Gasteiger charge is -2.06. The zero-order valence-electron chi connectivity index (χ0n) is 12.3. The van der Waals surface area contributed by atoms with E-state index >= 15 is 0 Å². The Morgan fingerprint density at radius 2 is 1.90 bits per heavy atom. The highest BCUT2D eigenvalue weighted by molar-refractivity contribution is 6.47. The number of nitrogens with one attached hydrogen (secondary N) is 1. The number of carbonyl (C=O) groups excluding carboxylic acids is 2. The van der Waals surface area contributed by atoms with Gasteiger partial charge in [-0.25, -0.2) is 4.39 Å². The van der Waals surface area contributed by atoms with E-state index in [0.717, 1.165) is 0 Å². The molecule has 1 heterocycles. The molecule has 21 heavy (non-hydrogen) atoms. The van der Waals surface area contributed by atoms with Crippen LogP contribution in [-0.4, -0.2) is 21.5 Å². The molecule has 1 aromatic carbocycles. The average Bonchev–Trinajstić information content (AvgIpc) is 2.67. The van der Waals surface area contributed by atoms with Crippen LogP contribution in [-0.2, 0) is 11.8 Å². The van der Waals surface area contributed by atoms with Crippen LogP contribution >= 0.6 is 0 Å². The zero-order valence-corrected chi connectivity index (χ0v) is 12.3. The summed E-state index contributed by atoms with van der Waals surface area (Å²) in [7, 11) is 1.70. The van der Waals surface area contributed by atoms with Gasteiger partial charge in [0.2, 0.25) is 0 Å². The van der Waals surface area contributed by atoms with Gasteiger partial charge in [0.05, 0.1) is 11.3 Å². The standard InChI is InChI=1S/C15H16FN3O2/c1-8-5-6-11(7-12(8)16)17-15(21)14(20)13-9(2)18-19(4)10(13)3/h5-7H,1-4H3,(H,17,21). The number of Topliss-reactive ketones (excluding diaryl/α,β-unsaturated/α-hetero) is 1. The molecular formula is C15H16FN3O2. The summed E-state index contributed by atoms with van der Waals surface area (Å²) in [6.45, 7) is 5.00. The van der Waals surface area contributed by atoms with Crippen molar-refractivity contribution in [2.24, 2.45) is 7.05 Å². The number of aromatic nitrogens is 2. The van der Waals surface area contributed by atoms with Gasteiger partial charge < -0.3 is 5.32 Å². The number of carbonyl (C=O) groups is 2. The monoisotopic (exact) mass is 289 g/mol. The van der Waals surface area contributed by atoms with Gasteiger partial charge in [-0.15, -0.1) is 0 Å². The van der Waals surface area contributed by atoms with Crippen molar-refractivity contribution in [3.05, 3.63) is 46.5 Å². The van der Waals surface area contributed by atoms with Gasteiger partial charge in [-0.1, -0.05) is 6.07 Å². The maximum Gasteiger partial charge on any atom is 0.296 e. The van der Waals surface area contributed by atoms with Crippen LogP contribution in [0.25, 0.3) is 0 Å². The first-order valence-corrected chi connectivity index (χ1v) is 6.43. The predicted octanol–water partition coefficient (Wildman–Crippen LogP) is 2.31. The molecule has 0 saturated carbocycles. The molecule has 0 bridgehead atoms. The molecule has 1 N–H and O–H groups in total. The van der Waals surface area contributed by atoms with E-state index in [4.69, 9.17) is 0 Å². The molecule has 110 valence electrons. The van der Waals surface area contributed by atoms with Crippen molar-refractivity contribution in [1.29, 1.82) is 0 Å². The van der Waals surface area contributed by atoms with E-state index in [1.165, 1.54) is 12.1 Å². The number of anilines is 1. The Bertz CT molecular complexity index is 735. The van der Waals surface area contributed by atoms with Crippen LogP contribution in [0.2, 0.25) is 0 Å². The van der Waals surface area contributed by atoms with E-state index in [9.17, 15) is 14.0 Å². The first kappa shape index (κ1) is 14.9. The fourth-order valence-electron chi connectivity index (χ4n) is 2.07. The van der Waals surface area contributed by atoms with Crippen LogP contribution in [0.3, 0.4) is 0 Å². The van der Waals surface area contributed by atoms with Gasteiger partial charge in [-0.3, -0.25) is 14.3 Å². The Labute approximate surface area is 121 Å². The normalized spacial score (nSPS) is 10.5. The zero-order chi connectivity index (χ0) is 15.7. The molecule has 6 heteroatoms. The Balaban J connectivity index is 2.23. The summed E-state index contributed by atoms with van der Waals surface area (Å²) >= 11 is 0. The second-order valence-electron chi connectivity index (χ2n) is 4.92. The van der Waals surface area contributed by atoms with Crippen molar-refractivity contribution in [3.63, 3.8) is 0 Å². The van der Waals surface area contributed by atoms with E-state index in [-0.39, 0.29) is 11.3 Å². The highest BCUT2D eigenvalue weighted by Gasteiger charge is 2.24. The number of hydrogen-bond donors (Lipinski definition) is 1. The Hall–Kier alpha value is -2.50. The van der Waals surface area contributed by atoms with Gasteiger partial charge in [0.15, 0.2) is 0 Å². The maximum atomic E-state index is 13.4. The summed E-state index contributed by atoms with van der Waals surface area (Å²) in [5.41, 5.74) is 2.10. The van der Waals surface area contributed by atoms with E-state index in [2.05, 4.69) is 10.4 Å². The molecular weight excluding hydrogens is 273 g/mol. The van der Waals surface area contributed by atoms with E-state index in [0.29, 0.717) is 17.0 Å². The molecule has 2 aromatic rings. The molecule has 0 fully saturated rings. The third-order valence-corrected chi connectivity index (χ3v) is 3.37. The van der Waals surface area contributed by atoms with Gasteiger partial charge >= 0.3 is 0 Å². The number of amides is 1. The van der Waals surface area contributed by atoms with E-state index < -0.39 is 17.5 Å². The van der Waals surface area contributed by atoms with Crippen molar-refractivity contribution in [2.75, 3.05) is 5.32 Å². The summed E-state index contributed by atoms with van der Waals surface area (Å²) in [4.78, 5) is 24.2. The van der Waals surface area contributed by atoms with E-state index in [1.807, 2.05) is 0 Å². The molecule has 0 aliphatic heterocycles. The SMILES string of the molecule is Cc1ccc(NC(=O)C(=O)c2c(C)nn(C)c2C)cc1F. The summed E-state index contributed by atoms with van der Waals surface area (Å²) in [5.74, 6) is -1.93. The van der Waals surface area contributed by atoms with E-state index in [1.54, 1.807) is 38.6 Å². The summed E-state index contributed by atoms with van der Waals surface area (Å²) in [6.07, 6.45) is 0. The van der Waals surface area contributed by atoms with Gasteiger partial charge in [0.1, 0.15) is 5.82 Å². The number of hydrogen-bond acceptors (Lipinski definition) is 3.